The first-order chi connectivity index (χ1) is 14.9. The Labute approximate surface area is 181 Å². The first-order valence-electron chi connectivity index (χ1n) is 9.99. The van der Waals surface area contributed by atoms with E-state index in [0.717, 1.165) is 41.1 Å². The number of likely N-dealkylation sites (tertiary alicyclic amines) is 1. The van der Waals surface area contributed by atoms with E-state index < -0.39 is 23.5 Å². The molecule has 0 N–H and O–H groups in total. The van der Waals surface area contributed by atoms with Crippen LogP contribution in [0.25, 0.3) is 6.08 Å². The monoisotopic (exact) mass is 453 g/mol. The largest absolute Gasteiger partial charge is 0.416 e. The molecule has 3 nitrogen and oxygen atoms in total. The van der Waals surface area contributed by atoms with E-state index in [2.05, 4.69) is 10.0 Å². The van der Waals surface area contributed by atoms with Gasteiger partial charge in [0.15, 0.2) is 0 Å². The number of nitrogens with zero attached hydrogens (tertiary/aromatic N) is 3. The van der Waals surface area contributed by atoms with E-state index in [1.165, 1.54) is 24.3 Å². The topological polar surface area (TPSA) is 18.8 Å². The Hall–Kier alpha value is -2.81. The highest BCUT2D eigenvalue weighted by Gasteiger charge is 2.42. The lowest BCUT2D eigenvalue weighted by atomic mass is 9.83. The average Bonchev–Trinajstić information content (AvgIpc) is 3.03. The lowest BCUT2D eigenvalue weighted by Gasteiger charge is -2.34. The minimum absolute atomic E-state index is 0.0730. The summed E-state index contributed by atoms with van der Waals surface area (Å²) in [4.78, 5) is 2.08. The molecule has 1 fully saturated rings. The van der Waals surface area contributed by atoms with Crippen LogP contribution < -0.4 is 0 Å². The zero-order valence-electron chi connectivity index (χ0n) is 17.4. The van der Waals surface area contributed by atoms with Gasteiger partial charge in [-0.25, -0.2) is 0 Å². The third-order valence-electron chi connectivity index (χ3n) is 5.84. The Morgan fingerprint density at radius 2 is 1.38 bits per heavy atom. The molecule has 170 valence electrons. The smallest absolute Gasteiger partial charge is 0.301 e. The second kappa shape index (κ2) is 7.95. The number of hydrogen-bond donors (Lipinski definition) is 0. The quantitative estimate of drug-likeness (QED) is 0.543. The van der Waals surface area contributed by atoms with E-state index in [0.29, 0.717) is 18.7 Å². The van der Waals surface area contributed by atoms with Crippen LogP contribution in [-0.4, -0.2) is 42.8 Å². The highest BCUT2D eigenvalue weighted by atomic mass is 19.4. The Balaban J connectivity index is 1.62. The van der Waals surface area contributed by atoms with Crippen LogP contribution in [-0.2, 0) is 12.4 Å². The second-order valence-corrected chi connectivity index (χ2v) is 8.22. The molecule has 0 aromatic heterocycles. The van der Waals surface area contributed by atoms with Crippen LogP contribution in [0.2, 0.25) is 0 Å². The molecule has 9 heteroatoms. The van der Waals surface area contributed by atoms with E-state index in [1.807, 2.05) is 13.1 Å². The van der Waals surface area contributed by atoms with E-state index in [1.54, 1.807) is 12.1 Å². The van der Waals surface area contributed by atoms with Crippen LogP contribution in [0, 0.1) is 5.92 Å². The summed E-state index contributed by atoms with van der Waals surface area (Å²) in [6, 6.07) is 9.82. The average molecular weight is 453 g/mol. The molecule has 1 saturated heterocycles. The summed E-state index contributed by atoms with van der Waals surface area (Å²) in [6.45, 7) is 1.24. The van der Waals surface area contributed by atoms with Crippen LogP contribution in [0.3, 0.4) is 0 Å². The lowest BCUT2D eigenvalue weighted by molar-refractivity contribution is -0.138. The molecule has 0 saturated carbocycles. The molecule has 2 aromatic rings. The van der Waals surface area contributed by atoms with Crippen molar-refractivity contribution in [3.8, 4) is 0 Å². The van der Waals surface area contributed by atoms with Crippen LogP contribution >= 0.6 is 0 Å². The number of benzene rings is 2. The van der Waals surface area contributed by atoms with Gasteiger partial charge in [0.1, 0.15) is 0 Å². The molecule has 32 heavy (non-hydrogen) atoms. The Kier molecular flexibility index (Phi) is 5.56. The summed E-state index contributed by atoms with van der Waals surface area (Å²) in [5, 5.41) is 6.41. The van der Waals surface area contributed by atoms with Crippen molar-refractivity contribution in [3.05, 3.63) is 76.4 Å². The third kappa shape index (κ3) is 4.39. The van der Waals surface area contributed by atoms with E-state index in [4.69, 9.17) is 0 Å². The van der Waals surface area contributed by atoms with Crippen LogP contribution in [0.1, 0.15) is 28.3 Å². The number of fused-ring (bicyclic) bond motifs is 1. The number of alkyl halides is 6. The van der Waals surface area contributed by atoms with E-state index >= 15 is 0 Å². The standard InChI is InChI=1S/C23H21F6N3/c1-31-12-16(11-14-3-7-17(8-4-14)22(24,25)26)20-19(13-31)21(32(2)30-20)15-5-9-18(10-6-15)23(27,28)29/h3-11,19,21H,12-13H2,1-2H3/b16-11+/t19-,21-/m1/s1. The number of likely N-dealkylation sites (N-methyl/N-ethyl adjacent to an activating group) is 1. The van der Waals surface area contributed by atoms with Crippen LogP contribution in [0.4, 0.5) is 26.3 Å². The minimum Gasteiger partial charge on any atom is -0.301 e. The van der Waals surface area contributed by atoms with Crippen molar-refractivity contribution in [3.63, 3.8) is 0 Å². The van der Waals surface area contributed by atoms with Gasteiger partial charge in [-0.1, -0.05) is 24.3 Å². The Bertz CT molecular complexity index is 1040. The normalized spacial score (nSPS) is 23.4. The summed E-state index contributed by atoms with van der Waals surface area (Å²) in [5.74, 6) is -0.0730. The summed E-state index contributed by atoms with van der Waals surface area (Å²) in [5.41, 5.74) is 1.64. The fourth-order valence-electron chi connectivity index (χ4n) is 4.38. The van der Waals surface area contributed by atoms with E-state index in [9.17, 15) is 26.3 Å². The third-order valence-corrected chi connectivity index (χ3v) is 5.84. The summed E-state index contributed by atoms with van der Waals surface area (Å²) in [6.07, 6.45) is -6.97. The van der Waals surface area contributed by atoms with Crippen molar-refractivity contribution in [1.82, 2.24) is 9.91 Å². The number of hydrazone groups is 1. The molecule has 0 unspecified atom stereocenters. The Morgan fingerprint density at radius 3 is 1.91 bits per heavy atom. The maximum atomic E-state index is 12.9. The predicted molar refractivity (Wildman–Crippen MR) is 110 cm³/mol. The molecule has 4 rings (SSSR count). The number of piperidine rings is 1. The molecule has 0 bridgehead atoms. The summed E-state index contributed by atoms with van der Waals surface area (Å²) >= 11 is 0. The molecule has 0 aliphatic carbocycles. The molecule has 2 aromatic carbocycles. The lowest BCUT2D eigenvalue weighted by Crippen LogP contribution is -2.41. The number of rotatable bonds is 2. The molecule has 2 heterocycles. The fourth-order valence-corrected chi connectivity index (χ4v) is 4.38. The molecule has 0 spiro atoms. The van der Waals surface area contributed by atoms with Gasteiger partial charge >= 0.3 is 12.4 Å². The molecule has 2 aliphatic rings. The Morgan fingerprint density at radius 1 is 0.844 bits per heavy atom. The van der Waals surface area contributed by atoms with Gasteiger partial charge in [0, 0.05) is 26.1 Å². The minimum atomic E-state index is -4.40. The SMILES string of the molecule is CN1C/C(=C\c2ccc(C(F)(F)F)cc2)C2=NN(C)[C@H](c3ccc(C(F)(F)F)cc3)[C@@H]2C1. The van der Waals surface area contributed by atoms with Crippen LogP contribution in [0.5, 0.6) is 0 Å². The van der Waals surface area contributed by atoms with Crippen LogP contribution in [0.15, 0.2) is 59.2 Å². The second-order valence-electron chi connectivity index (χ2n) is 8.22. The zero-order chi connectivity index (χ0) is 23.3. The fraction of sp³-hybridized carbons (Fsp3) is 0.348. The zero-order valence-corrected chi connectivity index (χ0v) is 17.4. The molecule has 0 amide bonds. The first-order valence-corrected chi connectivity index (χ1v) is 9.99. The van der Waals surface area contributed by atoms with Crippen molar-refractivity contribution in [1.29, 1.82) is 0 Å². The highest BCUT2D eigenvalue weighted by molar-refractivity contribution is 6.07. The van der Waals surface area contributed by atoms with Crippen molar-refractivity contribution in [2.75, 3.05) is 27.2 Å². The molecule has 2 aliphatic heterocycles. The number of halogens is 6. The van der Waals surface area contributed by atoms with Crippen molar-refractivity contribution in [2.24, 2.45) is 11.0 Å². The number of hydrogen-bond acceptors (Lipinski definition) is 3. The van der Waals surface area contributed by atoms with Crippen molar-refractivity contribution >= 4 is 11.8 Å². The predicted octanol–water partition coefficient (Wildman–Crippen LogP) is 5.71. The van der Waals surface area contributed by atoms with Gasteiger partial charge in [0.05, 0.1) is 22.9 Å². The van der Waals surface area contributed by atoms with Gasteiger partial charge < -0.3 is 4.90 Å². The van der Waals surface area contributed by atoms with Gasteiger partial charge in [-0.15, -0.1) is 0 Å². The van der Waals surface area contributed by atoms with Gasteiger partial charge in [-0.3, -0.25) is 5.01 Å². The first kappa shape index (κ1) is 22.4. The van der Waals surface area contributed by atoms with Gasteiger partial charge in [-0.2, -0.15) is 31.4 Å². The van der Waals surface area contributed by atoms with Crippen molar-refractivity contribution < 1.29 is 26.3 Å². The molecule has 2 atom stereocenters. The molecular formula is C23H21F6N3. The van der Waals surface area contributed by atoms with Gasteiger partial charge in [-0.05, 0) is 54.1 Å². The molecular weight excluding hydrogens is 432 g/mol. The van der Waals surface area contributed by atoms with Crippen molar-refractivity contribution in [2.45, 2.75) is 18.4 Å². The van der Waals surface area contributed by atoms with Gasteiger partial charge in [0.25, 0.3) is 0 Å². The molecule has 0 radical (unpaired) electrons. The van der Waals surface area contributed by atoms with Gasteiger partial charge in [0.2, 0.25) is 0 Å². The maximum Gasteiger partial charge on any atom is 0.416 e. The maximum absolute atomic E-state index is 12.9. The summed E-state index contributed by atoms with van der Waals surface area (Å²) < 4.78 is 77.3. The van der Waals surface area contributed by atoms with E-state index in [-0.39, 0.29) is 12.0 Å². The highest BCUT2D eigenvalue weighted by Crippen LogP contribution is 2.40. The summed E-state index contributed by atoms with van der Waals surface area (Å²) in [7, 11) is 3.71.